The van der Waals surface area contributed by atoms with E-state index in [0.717, 1.165) is 27.6 Å². The fraction of sp³-hybridized carbons (Fsp3) is 0.217. The molecule has 2 aromatic carbocycles. The maximum atomic E-state index is 14.0. The van der Waals surface area contributed by atoms with E-state index in [1.807, 2.05) is 38.1 Å². The van der Waals surface area contributed by atoms with Crippen LogP contribution in [-0.4, -0.2) is 9.97 Å². The minimum atomic E-state index is -0.614. The number of nitrogens with zero attached hydrogens (tertiary/aromatic N) is 1. The van der Waals surface area contributed by atoms with Crippen LogP contribution in [0, 0.1) is 25.5 Å². The van der Waals surface area contributed by atoms with E-state index in [1.54, 1.807) is 6.92 Å². The van der Waals surface area contributed by atoms with Crippen molar-refractivity contribution in [1.29, 1.82) is 0 Å². The molecule has 154 valence electrons. The van der Waals surface area contributed by atoms with Crippen molar-refractivity contribution in [3.8, 4) is 11.1 Å². The molecule has 2 heterocycles. The molecule has 0 amide bonds. The molecular formula is C23H21F2N3OS. The summed E-state index contributed by atoms with van der Waals surface area (Å²) in [5.41, 5.74) is 3.21. The van der Waals surface area contributed by atoms with Crippen molar-refractivity contribution in [2.45, 2.75) is 33.4 Å². The smallest absolute Gasteiger partial charge is 0.260 e. The first-order valence-corrected chi connectivity index (χ1v) is 10.4. The predicted molar refractivity (Wildman–Crippen MR) is 117 cm³/mol. The number of halogens is 2. The summed E-state index contributed by atoms with van der Waals surface area (Å²) in [7, 11) is 0. The van der Waals surface area contributed by atoms with Crippen molar-refractivity contribution in [2.24, 2.45) is 0 Å². The van der Waals surface area contributed by atoms with Gasteiger partial charge in [0.05, 0.1) is 11.9 Å². The van der Waals surface area contributed by atoms with Crippen molar-refractivity contribution in [1.82, 2.24) is 15.3 Å². The first-order valence-electron chi connectivity index (χ1n) is 9.61. The zero-order valence-electron chi connectivity index (χ0n) is 16.8. The first kappa shape index (κ1) is 20.4. The zero-order valence-corrected chi connectivity index (χ0v) is 17.7. The lowest BCUT2D eigenvalue weighted by Crippen LogP contribution is -2.22. The molecule has 2 aromatic heterocycles. The van der Waals surface area contributed by atoms with Crippen LogP contribution in [0.15, 0.2) is 47.3 Å². The summed E-state index contributed by atoms with van der Waals surface area (Å²) < 4.78 is 27.1. The van der Waals surface area contributed by atoms with Gasteiger partial charge in [-0.1, -0.05) is 35.9 Å². The highest BCUT2D eigenvalue weighted by Gasteiger charge is 2.17. The average molecular weight is 426 g/mol. The number of rotatable bonds is 5. The van der Waals surface area contributed by atoms with Gasteiger partial charge < -0.3 is 10.3 Å². The average Bonchev–Trinajstić information content (AvgIpc) is 3.03. The molecule has 0 aliphatic heterocycles. The lowest BCUT2D eigenvalue weighted by Gasteiger charge is -2.14. The lowest BCUT2D eigenvalue weighted by molar-refractivity contribution is 0.511. The summed E-state index contributed by atoms with van der Waals surface area (Å²) in [5, 5.41) is 3.72. The third-order valence-electron chi connectivity index (χ3n) is 5.13. The largest absolute Gasteiger partial charge is 0.309 e. The Balaban J connectivity index is 1.62. The van der Waals surface area contributed by atoms with Crippen molar-refractivity contribution in [3.05, 3.63) is 86.3 Å². The molecule has 0 aliphatic carbocycles. The van der Waals surface area contributed by atoms with E-state index in [1.165, 1.54) is 23.5 Å². The van der Waals surface area contributed by atoms with Gasteiger partial charge in [0.2, 0.25) is 0 Å². The third-order valence-corrected chi connectivity index (χ3v) is 6.13. The van der Waals surface area contributed by atoms with E-state index in [9.17, 15) is 13.6 Å². The SMILES string of the molecule is Cc1ccc(-c2c(C)sc3nc(CNC(C)c4ccc(F)cc4F)[nH]c(=O)c23)cc1. The summed E-state index contributed by atoms with van der Waals surface area (Å²) in [6, 6.07) is 11.2. The van der Waals surface area contributed by atoms with Gasteiger partial charge >= 0.3 is 0 Å². The quantitative estimate of drug-likeness (QED) is 0.450. The fourth-order valence-electron chi connectivity index (χ4n) is 3.53. The number of fused-ring (bicyclic) bond motifs is 1. The van der Waals surface area contributed by atoms with Crippen LogP contribution >= 0.6 is 11.3 Å². The van der Waals surface area contributed by atoms with Gasteiger partial charge in [0.15, 0.2) is 0 Å². The maximum Gasteiger partial charge on any atom is 0.260 e. The second kappa shape index (κ2) is 8.08. The van der Waals surface area contributed by atoms with Gasteiger partial charge in [-0.3, -0.25) is 4.79 Å². The normalized spacial score (nSPS) is 12.4. The number of hydrogen-bond acceptors (Lipinski definition) is 4. The standard InChI is InChI=1S/C23H21F2N3OS/c1-12-4-6-15(7-5-12)20-14(3)30-23-21(20)22(29)27-19(28-23)11-26-13(2)17-9-8-16(24)10-18(17)25/h4-10,13,26H,11H2,1-3H3,(H,27,28,29). The van der Waals surface area contributed by atoms with Crippen molar-refractivity contribution >= 4 is 21.6 Å². The van der Waals surface area contributed by atoms with Crippen LogP contribution in [0.3, 0.4) is 0 Å². The summed E-state index contributed by atoms with van der Waals surface area (Å²) >= 11 is 1.48. The Morgan fingerprint density at radius 3 is 2.57 bits per heavy atom. The first-order chi connectivity index (χ1) is 14.3. The molecule has 1 unspecified atom stereocenters. The molecule has 7 heteroatoms. The molecule has 0 aliphatic rings. The van der Waals surface area contributed by atoms with Gasteiger partial charge in [0.25, 0.3) is 5.56 Å². The van der Waals surface area contributed by atoms with Crippen LogP contribution in [0.2, 0.25) is 0 Å². The lowest BCUT2D eigenvalue weighted by atomic mass is 10.0. The maximum absolute atomic E-state index is 14.0. The highest BCUT2D eigenvalue weighted by Crippen LogP contribution is 2.35. The molecule has 0 fully saturated rings. The molecule has 0 saturated carbocycles. The molecule has 4 nitrogen and oxygen atoms in total. The van der Waals surface area contributed by atoms with E-state index in [2.05, 4.69) is 15.3 Å². The Hall–Kier alpha value is -2.90. The molecular weight excluding hydrogens is 404 g/mol. The summed E-state index contributed by atoms with van der Waals surface area (Å²) in [4.78, 5) is 22.0. The summed E-state index contributed by atoms with van der Waals surface area (Å²) in [5.74, 6) is -0.751. The molecule has 0 spiro atoms. The molecule has 0 radical (unpaired) electrons. The van der Waals surface area contributed by atoms with Crippen LogP contribution in [0.4, 0.5) is 8.78 Å². The van der Waals surface area contributed by atoms with Crippen LogP contribution in [-0.2, 0) is 6.54 Å². The molecule has 2 N–H and O–H groups in total. The van der Waals surface area contributed by atoms with E-state index < -0.39 is 11.6 Å². The molecule has 30 heavy (non-hydrogen) atoms. The van der Waals surface area contributed by atoms with E-state index in [4.69, 9.17) is 0 Å². The number of aromatic amines is 1. The van der Waals surface area contributed by atoms with Gasteiger partial charge in [0, 0.05) is 28.1 Å². The Morgan fingerprint density at radius 1 is 1.13 bits per heavy atom. The molecule has 4 rings (SSSR count). The summed E-state index contributed by atoms with van der Waals surface area (Å²) in [6.45, 7) is 6.03. The second-order valence-electron chi connectivity index (χ2n) is 7.36. The highest BCUT2D eigenvalue weighted by atomic mass is 32.1. The van der Waals surface area contributed by atoms with Crippen LogP contribution in [0.1, 0.15) is 34.8 Å². The molecule has 1 atom stereocenters. The van der Waals surface area contributed by atoms with Crippen molar-refractivity contribution in [2.75, 3.05) is 0 Å². The minimum absolute atomic E-state index is 0.197. The van der Waals surface area contributed by atoms with Crippen LogP contribution < -0.4 is 10.9 Å². The van der Waals surface area contributed by atoms with Gasteiger partial charge in [-0.05, 0) is 32.4 Å². The number of thiophene rings is 1. The monoisotopic (exact) mass is 425 g/mol. The van der Waals surface area contributed by atoms with Gasteiger partial charge in [-0.25, -0.2) is 13.8 Å². The number of aryl methyl sites for hydroxylation is 2. The van der Waals surface area contributed by atoms with Crippen molar-refractivity contribution < 1.29 is 8.78 Å². The third kappa shape index (κ3) is 3.91. The Morgan fingerprint density at radius 2 is 1.87 bits per heavy atom. The van der Waals surface area contributed by atoms with E-state index in [0.29, 0.717) is 21.6 Å². The van der Waals surface area contributed by atoms with Gasteiger partial charge in [0.1, 0.15) is 22.3 Å². The summed E-state index contributed by atoms with van der Waals surface area (Å²) in [6.07, 6.45) is 0. The zero-order chi connectivity index (χ0) is 21.4. The van der Waals surface area contributed by atoms with Gasteiger partial charge in [-0.15, -0.1) is 11.3 Å². The number of nitrogens with one attached hydrogen (secondary N) is 2. The van der Waals surface area contributed by atoms with E-state index >= 15 is 0 Å². The number of hydrogen-bond donors (Lipinski definition) is 2. The predicted octanol–water partition coefficient (Wildman–Crippen LogP) is 5.40. The topological polar surface area (TPSA) is 57.8 Å². The second-order valence-corrected chi connectivity index (χ2v) is 8.56. The Bertz CT molecular complexity index is 1280. The Labute approximate surface area is 176 Å². The Kier molecular flexibility index (Phi) is 5.49. The highest BCUT2D eigenvalue weighted by molar-refractivity contribution is 7.19. The fourth-order valence-corrected chi connectivity index (χ4v) is 4.59. The molecule has 4 aromatic rings. The van der Waals surface area contributed by atoms with Crippen LogP contribution in [0.25, 0.3) is 21.3 Å². The number of H-pyrrole nitrogens is 1. The minimum Gasteiger partial charge on any atom is -0.309 e. The number of benzene rings is 2. The number of aromatic nitrogens is 2. The van der Waals surface area contributed by atoms with Crippen LogP contribution in [0.5, 0.6) is 0 Å². The molecule has 0 bridgehead atoms. The van der Waals surface area contributed by atoms with Gasteiger partial charge in [-0.2, -0.15) is 0 Å². The van der Waals surface area contributed by atoms with E-state index in [-0.39, 0.29) is 18.1 Å². The van der Waals surface area contributed by atoms with Crippen molar-refractivity contribution in [3.63, 3.8) is 0 Å². The molecule has 0 saturated heterocycles.